The molecule has 0 unspecified atom stereocenters. The predicted molar refractivity (Wildman–Crippen MR) is 87.1 cm³/mol. The lowest BCUT2D eigenvalue weighted by atomic mass is 10.0. The van der Waals surface area contributed by atoms with Crippen molar-refractivity contribution in [1.29, 1.82) is 0 Å². The third-order valence-corrected chi connectivity index (χ3v) is 3.74. The summed E-state index contributed by atoms with van der Waals surface area (Å²) in [6.45, 7) is 0. The molecule has 0 aliphatic rings. The third-order valence-electron chi connectivity index (χ3n) is 3.74. The minimum absolute atomic E-state index is 0.934. The second kappa shape index (κ2) is 4.95. The molecule has 4 rings (SSSR count). The highest BCUT2D eigenvalue weighted by Crippen LogP contribution is 2.33. The Bertz CT molecular complexity index is 874. The van der Waals surface area contributed by atoms with Gasteiger partial charge >= 0.3 is 0 Å². The molecule has 0 spiro atoms. The minimum Gasteiger partial charge on any atom is -0.463 e. The van der Waals surface area contributed by atoms with E-state index in [9.17, 15) is 0 Å². The summed E-state index contributed by atoms with van der Waals surface area (Å²) in [7, 11) is 0. The van der Waals surface area contributed by atoms with Crippen LogP contribution in [0.4, 0.5) is 0 Å². The zero-order valence-corrected chi connectivity index (χ0v) is 11.5. The minimum atomic E-state index is 0.934. The average Bonchev–Trinajstić information content (AvgIpc) is 2.99. The molecule has 1 heteroatoms. The molecule has 3 aromatic carbocycles. The molecule has 0 radical (unpaired) electrons. The van der Waals surface area contributed by atoms with Gasteiger partial charge in [0, 0.05) is 16.3 Å². The molecule has 0 saturated carbocycles. The summed E-state index contributed by atoms with van der Waals surface area (Å²) in [6.07, 6.45) is 1.83. The molecule has 100 valence electrons. The van der Waals surface area contributed by atoms with Gasteiger partial charge in [0.15, 0.2) is 0 Å². The molecule has 4 aromatic rings. The topological polar surface area (TPSA) is 13.1 Å². The van der Waals surface area contributed by atoms with Crippen LogP contribution in [0, 0.1) is 0 Å². The molecule has 0 aliphatic heterocycles. The first-order valence-corrected chi connectivity index (χ1v) is 7.04. The van der Waals surface area contributed by atoms with Gasteiger partial charge in [0.25, 0.3) is 0 Å². The van der Waals surface area contributed by atoms with Crippen molar-refractivity contribution < 1.29 is 4.42 Å². The Balaban J connectivity index is 1.91. The van der Waals surface area contributed by atoms with Gasteiger partial charge in [-0.1, -0.05) is 72.8 Å². The van der Waals surface area contributed by atoms with Crippen LogP contribution in [0.2, 0.25) is 0 Å². The molecule has 1 nitrogen and oxygen atoms in total. The van der Waals surface area contributed by atoms with Crippen molar-refractivity contribution in [3.8, 4) is 22.5 Å². The van der Waals surface area contributed by atoms with E-state index in [2.05, 4.69) is 54.6 Å². The molecule has 0 atom stereocenters. The molecule has 0 fully saturated rings. The van der Waals surface area contributed by atoms with Crippen LogP contribution in [-0.2, 0) is 0 Å². The molecule has 0 bridgehead atoms. The van der Waals surface area contributed by atoms with Crippen molar-refractivity contribution in [2.75, 3.05) is 0 Å². The third kappa shape index (κ3) is 2.13. The Morgan fingerprint density at radius 2 is 1.24 bits per heavy atom. The first-order valence-electron chi connectivity index (χ1n) is 7.04. The largest absolute Gasteiger partial charge is 0.463 e. The van der Waals surface area contributed by atoms with E-state index >= 15 is 0 Å². The van der Waals surface area contributed by atoms with E-state index in [0.717, 1.165) is 22.1 Å². The van der Waals surface area contributed by atoms with Gasteiger partial charge < -0.3 is 4.42 Å². The fourth-order valence-corrected chi connectivity index (χ4v) is 2.66. The highest BCUT2D eigenvalue weighted by atomic mass is 16.3. The SMILES string of the molecule is c1ccc(-c2ccc3coc(-c4ccccc4)c3c2)cc1. The van der Waals surface area contributed by atoms with Gasteiger partial charge in [-0.15, -0.1) is 0 Å². The van der Waals surface area contributed by atoms with Crippen LogP contribution in [-0.4, -0.2) is 0 Å². The summed E-state index contributed by atoms with van der Waals surface area (Å²) in [6, 6.07) is 27.1. The molecule has 0 N–H and O–H groups in total. The van der Waals surface area contributed by atoms with E-state index in [1.807, 2.05) is 30.5 Å². The Labute approximate surface area is 123 Å². The van der Waals surface area contributed by atoms with Gasteiger partial charge in [0.05, 0.1) is 6.26 Å². The Hall–Kier alpha value is -2.80. The lowest BCUT2D eigenvalue weighted by Crippen LogP contribution is -1.78. The lowest BCUT2D eigenvalue weighted by molar-refractivity contribution is 0.587. The average molecular weight is 270 g/mol. The normalized spacial score (nSPS) is 10.9. The molecule has 1 aromatic heterocycles. The van der Waals surface area contributed by atoms with E-state index in [0.29, 0.717) is 0 Å². The first-order chi connectivity index (χ1) is 10.4. The van der Waals surface area contributed by atoms with Gasteiger partial charge in [-0.3, -0.25) is 0 Å². The first kappa shape index (κ1) is 12.0. The monoisotopic (exact) mass is 270 g/mol. The van der Waals surface area contributed by atoms with Crippen LogP contribution in [0.5, 0.6) is 0 Å². The summed E-state index contributed by atoms with van der Waals surface area (Å²) in [5, 5.41) is 2.29. The quantitative estimate of drug-likeness (QED) is 0.451. The predicted octanol–water partition coefficient (Wildman–Crippen LogP) is 5.77. The van der Waals surface area contributed by atoms with Crippen LogP contribution in [0.1, 0.15) is 0 Å². The smallest absolute Gasteiger partial charge is 0.141 e. The highest BCUT2D eigenvalue weighted by molar-refractivity contribution is 5.96. The van der Waals surface area contributed by atoms with Crippen molar-refractivity contribution in [3.05, 3.63) is 85.1 Å². The van der Waals surface area contributed by atoms with E-state index in [1.54, 1.807) is 0 Å². The van der Waals surface area contributed by atoms with Crippen LogP contribution >= 0.6 is 0 Å². The van der Waals surface area contributed by atoms with Crippen molar-refractivity contribution in [1.82, 2.24) is 0 Å². The second-order valence-corrected chi connectivity index (χ2v) is 5.10. The Morgan fingerprint density at radius 1 is 0.571 bits per heavy atom. The summed E-state index contributed by atoms with van der Waals surface area (Å²) in [4.78, 5) is 0. The van der Waals surface area contributed by atoms with Crippen molar-refractivity contribution in [2.45, 2.75) is 0 Å². The maximum absolute atomic E-state index is 5.79. The van der Waals surface area contributed by atoms with Gasteiger partial charge in [-0.25, -0.2) is 0 Å². The van der Waals surface area contributed by atoms with Gasteiger partial charge in [-0.2, -0.15) is 0 Å². The van der Waals surface area contributed by atoms with E-state index in [1.165, 1.54) is 11.1 Å². The fraction of sp³-hybridized carbons (Fsp3) is 0. The number of fused-ring (bicyclic) bond motifs is 1. The van der Waals surface area contributed by atoms with Crippen molar-refractivity contribution >= 4 is 10.8 Å². The van der Waals surface area contributed by atoms with Crippen molar-refractivity contribution in [3.63, 3.8) is 0 Å². The zero-order valence-electron chi connectivity index (χ0n) is 11.5. The zero-order chi connectivity index (χ0) is 14.1. The van der Waals surface area contributed by atoms with E-state index < -0.39 is 0 Å². The molecule has 0 saturated heterocycles. The maximum Gasteiger partial charge on any atom is 0.141 e. The number of furan rings is 1. The second-order valence-electron chi connectivity index (χ2n) is 5.10. The summed E-state index contributed by atoms with van der Waals surface area (Å²) >= 11 is 0. The molecule has 1 heterocycles. The van der Waals surface area contributed by atoms with E-state index in [-0.39, 0.29) is 0 Å². The summed E-state index contributed by atoms with van der Waals surface area (Å²) in [5.41, 5.74) is 3.54. The van der Waals surface area contributed by atoms with Gasteiger partial charge in [-0.05, 0) is 17.2 Å². The van der Waals surface area contributed by atoms with Crippen molar-refractivity contribution in [2.24, 2.45) is 0 Å². The summed E-state index contributed by atoms with van der Waals surface area (Å²) < 4.78 is 5.79. The van der Waals surface area contributed by atoms with Crippen LogP contribution in [0.15, 0.2) is 89.5 Å². The number of rotatable bonds is 2. The molecule has 21 heavy (non-hydrogen) atoms. The highest BCUT2D eigenvalue weighted by Gasteiger charge is 2.09. The van der Waals surface area contributed by atoms with Crippen LogP contribution in [0.3, 0.4) is 0 Å². The number of hydrogen-bond acceptors (Lipinski definition) is 1. The standard InChI is InChI=1S/C20H14O/c1-3-7-15(8-4-1)17-11-12-18-14-21-20(19(18)13-17)16-9-5-2-6-10-16/h1-14H. The molecule has 0 aliphatic carbocycles. The maximum atomic E-state index is 5.79. The lowest BCUT2D eigenvalue weighted by Gasteiger charge is -2.03. The van der Waals surface area contributed by atoms with Gasteiger partial charge in [0.1, 0.15) is 5.76 Å². The number of hydrogen-bond donors (Lipinski definition) is 0. The molecule has 0 amide bonds. The summed E-state index contributed by atoms with van der Waals surface area (Å²) in [5.74, 6) is 0.934. The van der Waals surface area contributed by atoms with Gasteiger partial charge in [0.2, 0.25) is 0 Å². The number of benzene rings is 3. The Morgan fingerprint density at radius 3 is 1.95 bits per heavy atom. The van der Waals surface area contributed by atoms with E-state index in [4.69, 9.17) is 4.42 Å². The Kier molecular flexibility index (Phi) is 2.82. The van der Waals surface area contributed by atoms with Crippen LogP contribution in [0.25, 0.3) is 33.2 Å². The van der Waals surface area contributed by atoms with Crippen LogP contribution < -0.4 is 0 Å². The molecular weight excluding hydrogens is 256 g/mol. The fourth-order valence-electron chi connectivity index (χ4n) is 2.66. The molecular formula is C20H14O.